The third-order valence-electron chi connectivity index (χ3n) is 3.85. The Bertz CT molecular complexity index is 247. The van der Waals surface area contributed by atoms with E-state index in [9.17, 15) is 0 Å². The lowest BCUT2D eigenvalue weighted by atomic mass is 9.58. The second-order valence-corrected chi connectivity index (χ2v) is 4.37. The van der Waals surface area contributed by atoms with Crippen molar-refractivity contribution in [2.24, 2.45) is 17.3 Å². The third kappa shape index (κ3) is 0.654. The third-order valence-corrected chi connectivity index (χ3v) is 3.85. The fourth-order valence-electron chi connectivity index (χ4n) is 2.66. The van der Waals surface area contributed by atoms with Crippen molar-refractivity contribution in [3.8, 4) is 0 Å². The van der Waals surface area contributed by atoms with Crippen LogP contribution in [-0.4, -0.2) is 0 Å². The molecule has 11 heavy (non-hydrogen) atoms. The molecule has 60 valence electrons. The number of fused-ring (bicyclic) bond motifs is 1. The van der Waals surface area contributed by atoms with E-state index in [0.717, 1.165) is 11.8 Å². The second-order valence-electron chi connectivity index (χ2n) is 4.37. The number of allylic oxidation sites excluding steroid dienone is 3. The van der Waals surface area contributed by atoms with E-state index in [2.05, 4.69) is 33.4 Å². The maximum absolute atomic E-state index is 4.10. The molecular formula is C11H16. The Morgan fingerprint density at radius 3 is 2.64 bits per heavy atom. The first-order valence-electron chi connectivity index (χ1n) is 4.43. The van der Waals surface area contributed by atoms with Crippen molar-refractivity contribution < 1.29 is 0 Å². The maximum atomic E-state index is 4.10. The quantitative estimate of drug-likeness (QED) is 0.463. The van der Waals surface area contributed by atoms with Crippen molar-refractivity contribution in [2.45, 2.75) is 27.2 Å². The minimum atomic E-state index is 0.378. The Balaban J connectivity index is 2.37. The first-order valence-corrected chi connectivity index (χ1v) is 4.43. The van der Waals surface area contributed by atoms with Gasteiger partial charge in [0.2, 0.25) is 0 Å². The first kappa shape index (κ1) is 7.15. The van der Waals surface area contributed by atoms with Gasteiger partial charge in [0.25, 0.3) is 0 Å². The van der Waals surface area contributed by atoms with Gasteiger partial charge in [0.1, 0.15) is 0 Å². The molecule has 0 aromatic rings. The Hall–Kier alpha value is -0.520. The normalized spacial score (nSPS) is 48.3. The van der Waals surface area contributed by atoms with Crippen LogP contribution in [0.5, 0.6) is 0 Å². The van der Waals surface area contributed by atoms with Gasteiger partial charge in [0, 0.05) is 5.41 Å². The average molecular weight is 148 g/mol. The van der Waals surface area contributed by atoms with Crippen LogP contribution in [0, 0.1) is 17.3 Å². The molecule has 2 aliphatic rings. The zero-order valence-corrected chi connectivity index (χ0v) is 7.65. The molecule has 1 saturated carbocycles. The molecule has 0 amide bonds. The molecule has 0 N–H and O–H groups in total. The van der Waals surface area contributed by atoms with E-state index in [1.807, 2.05) is 0 Å². The van der Waals surface area contributed by atoms with Gasteiger partial charge in [-0.3, -0.25) is 0 Å². The lowest BCUT2D eigenvalue weighted by molar-refractivity contribution is 0.182. The Labute approximate surface area is 69.0 Å². The van der Waals surface area contributed by atoms with Gasteiger partial charge in [-0.25, -0.2) is 0 Å². The van der Waals surface area contributed by atoms with Crippen molar-refractivity contribution in [3.63, 3.8) is 0 Å². The zero-order chi connectivity index (χ0) is 8.22. The summed E-state index contributed by atoms with van der Waals surface area (Å²) in [5, 5.41) is 0. The molecule has 0 heterocycles. The summed E-state index contributed by atoms with van der Waals surface area (Å²) in [4.78, 5) is 0. The Kier molecular flexibility index (Phi) is 1.17. The average Bonchev–Trinajstić information content (AvgIpc) is 2.12. The molecule has 2 rings (SSSR count). The molecule has 3 unspecified atom stereocenters. The highest BCUT2D eigenvalue weighted by molar-refractivity contribution is 5.38. The van der Waals surface area contributed by atoms with Gasteiger partial charge < -0.3 is 0 Å². The van der Waals surface area contributed by atoms with Crippen LogP contribution in [0.2, 0.25) is 0 Å². The fourth-order valence-corrected chi connectivity index (χ4v) is 2.66. The van der Waals surface area contributed by atoms with E-state index in [4.69, 9.17) is 0 Å². The summed E-state index contributed by atoms with van der Waals surface area (Å²) in [7, 11) is 0. The molecule has 0 heteroatoms. The van der Waals surface area contributed by atoms with Crippen LogP contribution in [0.4, 0.5) is 0 Å². The van der Waals surface area contributed by atoms with E-state index >= 15 is 0 Å². The van der Waals surface area contributed by atoms with Gasteiger partial charge in [-0.1, -0.05) is 37.6 Å². The van der Waals surface area contributed by atoms with Gasteiger partial charge in [-0.15, -0.1) is 0 Å². The maximum Gasteiger partial charge on any atom is 0.00994 e. The highest BCUT2D eigenvalue weighted by Gasteiger charge is 2.51. The van der Waals surface area contributed by atoms with E-state index in [0.29, 0.717) is 5.41 Å². The van der Waals surface area contributed by atoms with Crippen LogP contribution in [-0.2, 0) is 0 Å². The molecule has 0 radical (unpaired) electrons. The van der Waals surface area contributed by atoms with Crippen LogP contribution < -0.4 is 0 Å². The monoisotopic (exact) mass is 148 g/mol. The zero-order valence-electron chi connectivity index (χ0n) is 7.65. The molecule has 0 spiro atoms. The van der Waals surface area contributed by atoms with E-state index in [1.165, 1.54) is 12.0 Å². The van der Waals surface area contributed by atoms with Crippen molar-refractivity contribution >= 4 is 0 Å². The number of hydrogen-bond donors (Lipinski definition) is 0. The van der Waals surface area contributed by atoms with Gasteiger partial charge in [-0.05, 0) is 25.2 Å². The van der Waals surface area contributed by atoms with E-state index in [1.54, 1.807) is 5.57 Å². The molecule has 0 bridgehead atoms. The molecule has 1 fully saturated rings. The summed E-state index contributed by atoms with van der Waals surface area (Å²) in [5.41, 5.74) is 3.38. The lowest BCUT2D eigenvalue weighted by Gasteiger charge is -2.46. The fraction of sp³-hybridized carbons (Fsp3) is 0.636. The molecule has 0 aromatic carbocycles. The summed E-state index contributed by atoms with van der Waals surface area (Å²) in [6.07, 6.45) is 3.68. The van der Waals surface area contributed by atoms with Crippen molar-refractivity contribution in [1.29, 1.82) is 0 Å². The summed E-state index contributed by atoms with van der Waals surface area (Å²) in [5.74, 6) is 1.67. The molecular weight excluding hydrogens is 132 g/mol. The van der Waals surface area contributed by atoms with E-state index < -0.39 is 0 Å². The smallest absolute Gasteiger partial charge is 0.00994 e. The summed E-state index contributed by atoms with van der Waals surface area (Å²) < 4.78 is 0. The van der Waals surface area contributed by atoms with Crippen molar-refractivity contribution in [1.82, 2.24) is 0 Å². The van der Waals surface area contributed by atoms with Gasteiger partial charge >= 0.3 is 0 Å². The second kappa shape index (κ2) is 1.80. The lowest BCUT2D eigenvalue weighted by Crippen LogP contribution is -2.37. The molecule has 0 aromatic heterocycles. The van der Waals surface area contributed by atoms with Crippen LogP contribution >= 0.6 is 0 Å². The molecule has 0 saturated heterocycles. The molecule has 0 aliphatic heterocycles. The minimum Gasteiger partial charge on any atom is -0.0990 e. The molecule has 2 aliphatic carbocycles. The van der Waals surface area contributed by atoms with E-state index in [-0.39, 0.29) is 0 Å². The molecule has 0 nitrogen and oxygen atoms in total. The number of hydrogen-bond acceptors (Lipinski definition) is 0. The van der Waals surface area contributed by atoms with Crippen LogP contribution in [0.15, 0.2) is 23.8 Å². The van der Waals surface area contributed by atoms with Crippen LogP contribution in [0.3, 0.4) is 0 Å². The number of rotatable bonds is 0. The van der Waals surface area contributed by atoms with Gasteiger partial charge in [-0.2, -0.15) is 0 Å². The standard InChI is InChI=1S/C11H16/c1-7-6-11(4)8(2)5-10(11)9(7)3/h6,9-10H,2,5H2,1,3-4H3. The SMILES string of the molecule is C=C1CC2C(C)C(C)=CC12C. The highest BCUT2D eigenvalue weighted by atomic mass is 14.5. The summed E-state index contributed by atoms with van der Waals surface area (Å²) in [6.45, 7) is 11.0. The Morgan fingerprint density at radius 2 is 2.27 bits per heavy atom. The topological polar surface area (TPSA) is 0 Å². The van der Waals surface area contributed by atoms with Crippen molar-refractivity contribution in [3.05, 3.63) is 23.8 Å². The summed E-state index contributed by atoms with van der Waals surface area (Å²) in [6, 6.07) is 0. The van der Waals surface area contributed by atoms with Crippen LogP contribution in [0.25, 0.3) is 0 Å². The van der Waals surface area contributed by atoms with Gasteiger partial charge in [0.15, 0.2) is 0 Å². The predicted molar refractivity (Wildman–Crippen MR) is 48.3 cm³/mol. The minimum absolute atomic E-state index is 0.378. The largest absolute Gasteiger partial charge is 0.0990 e. The highest BCUT2D eigenvalue weighted by Crippen LogP contribution is 2.60. The van der Waals surface area contributed by atoms with Crippen molar-refractivity contribution in [2.75, 3.05) is 0 Å². The predicted octanol–water partition coefficient (Wildman–Crippen LogP) is 3.16. The van der Waals surface area contributed by atoms with Crippen LogP contribution in [0.1, 0.15) is 27.2 Å². The Morgan fingerprint density at radius 1 is 1.64 bits per heavy atom. The van der Waals surface area contributed by atoms with Gasteiger partial charge in [0.05, 0.1) is 0 Å². The molecule has 3 atom stereocenters. The first-order chi connectivity index (χ1) is 5.05. The summed E-state index contributed by atoms with van der Waals surface area (Å²) >= 11 is 0.